The normalized spacial score (nSPS) is 15.3. The molecule has 1 unspecified atom stereocenters. The number of aromatic nitrogens is 1. The number of benzene rings is 13. The molecule has 2 nitrogen and oxygen atoms in total. The molecule has 0 bridgehead atoms. The number of nitrogens with zero attached hydrogens (tertiary/aromatic N) is 2. The molecule has 19 rings (SSSR count). The van der Waals surface area contributed by atoms with Crippen molar-refractivity contribution in [2.45, 2.75) is 10.8 Å². The minimum absolute atomic E-state index is 0.540. The molecule has 2 aromatic heterocycles. The Morgan fingerprint density at radius 3 is 1.56 bits per heavy atom. The standard InChI is InChI=1S/C78H46N2S/c1-2-24-57-55(22-1)71(46-68-74(57)59-25-6-12-32-64(59)77(68)61-29-9-3-19-51(61)52-20-4-10-30-62(52)77)79(48-41-39-47(40-42-48)50-27-18-38-73-75(50)60-26-8-16-37-72(60)81-73)49-43-44-54-53-21-5-11-31-63(53)78(67(54)45-49)65-33-13-15-36-70(65)80-69-35-14-7-23-56(69)58-28-17-34-66(78)76(58)80/h1-46H. The molecule has 15 aromatic rings. The Morgan fingerprint density at radius 1 is 0.309 bits per heavy atom. The van der Waals surface area contributed by atoms with Crippen molar-refractivity contribution in [3.63, 3.8) is 0 Å². The highest BCUT2D eigenvalue weighted by Gasteiger charge is 2.54. The quantitative estimate of drug-likeness (QED) is 0.171. The fourth-order valence-corrected chi connectivity index (χ4v) is 17.2. The van der Waals surface area contributed by atoms with Crippen LogP contribution in [0.4, 0.5) is 17.1 Å². The van der Waals surface area contributed by atoms with Gasteiger partial charge in [0.2, 0.25) is 0 Å². The van der Waals surface area contributed by atoms with E-state index in [1.54, 1.807) is 0 Å². The second-order valence-corrected chi connectivity index (χ2v) is 23.6. The van der Waals surface area contributed by atoms with Crippen LogP contribution in [-0.2, 0) is 10.8 Å². The van der Waals surface area contributed by atoms with Gasteiger partial charge in [0.25, 0.3) is 0 Å². The van der Waals surface area contributed by atoms with Gasteiger partial charge in [-0.2, -0.15) is 0 Å². The second kappa shape index (κ2) is 15.8. The lowest BCUT2D eigenvalue weighted by Crippen LogP contribution is -2.33. The van der Waals surface area contributed by atoms with E-state index in [-0.39, 0.29) is 0 Å². The van der Waals surface area contributed by atoms with E-state index in [0.717, 1.165) is 17.1 Å². The van der Waals surface area contributed by atoms with Gasteiger partial charge in [-0.3, -0.25) is 0 Å². The van der Waals surface area contributed by atoms with Crippen LogP contribution in [0.2, 0.25) is 0 Å². The molecule has 0 amide bonds. The molecule has 3 heterocycles. The van der Waals surface area contributed by atoms with Gasteiger partial charge >= 0.3 is 0 Å². The molecule has 2 spiro atoms. The summed E-state index contributed by atoms with van der Waals surface area (Å²) in [5, 5.41) is 7.63. The van der Waals surface area contributed by atoms with Crippen LogP contribution >= 0.6 is 11.3 Å². The van der Waals surface area contributed by atoms with Gasteiger partial charge in [-0.25, -0.2) is 0 Å². The van der Waals surface area contributed by atoms with E-state index in [1.165, 1.54) is 147 Å². The lowest BCUT2D eigenvalue weighted by molar-refractivity contribution is 0.748. The largest absolute Gasteiger partial charge is 0.310 e. The van der Waals surface area contributed by atoms with Crippen molar-refractivity contribution in [1.82, 2.24) is 4.57 Å². The Kier molecular flexibility index (Phi) is 8.57. The molecular weight excluding hydrogens is 997 g/mol. The van der Waals surface area contributed by atoms with Crippen molar-refractivity contribution in [2.75, 3.05) is 4.90 Å². The SMILES string of the molecule is c1ccc2c(c1)-c1ccccc1C21c2ccccc2-c2c1cc(N(c1ccc(-c3cccc4sc5ccccc5c34)cc1)c1ccc3c(c1)C1(c4ccccc4-3)c3ccccc3-n3c4ccccc4c4cccc1c43)c1ccccc21. The molecular formula is C78H46N2S. The average Bonchev–Trinajstić information content (AvgIpc) is 4.16. The first-order chi connectivity index (χ1) is 40.2. The van der Waals surface area contributed by atoms with E-state index in [1.807, 2.05) is 11.3 Å². The summed E-state index contributed by atoms with van der Waals surface area (Å²) in [5.41, 5.74) is 26.7. The summed E-state index contributed by atoms with van der Waals surface area (Å²) in [6.07, 6.45) is 0. The number of hydrogen-bond donors (Lipinski definition) is 0. The first kappa shape index (κ1) is 43.9. The van der Waals surface area contributed by atoms with Gasteiger partial charge in [0.05, 0.1) is 33.2 Å². The van der Waals surface area contributed by atoms with Crippen molar-refractivity contribution < 1.29 is 0 Å². The van der Waals surface area contributed by atoms with Crippen molar-refractivity contribution in [3.8, 4) is 50.2 Å². The molecule has 374 valence electrons. The molecule has 81 heavy (non-hydrogen) atoms. The van der Waals surface area contributed by atoms with E-state index in [0.29, 0.717) is 0 Å². The number of rotatable bonds is 4. The average molecular weight is 1040 g/mol. The minimum atomic E-state index is -0.622. The molecule has 3 aliphatic carbocycles. The molecule has 13 aromatic carbocycles. The van der Waals surface area contributed by atoms with Crippen molar-refractivity contribution >= 4 is 81.1 Å². The topological polar surface area (TPSA) is 8.17 Å². The van der Waals surface area contributed by atoms with Gasteiger partial charge in [0.1, 0.15) is 0 Å². The van der Waals surface area contributed by atoms with Crippen molar-refractivity contribution in [1.29, 1.82) is 0 Å². The summed E-state index contributed by atoms with van der Waals surface area (Å²) in [6.45, 7) is 0. The smallest absolute Gasteiger partial charge is 0.0755 e. The lowest BCUT2D eigenvalue weighted by atomic mass is 9.65. The molecule has 0 radical (unpaired) electrons. The number of hydrogen-bond acceptors (Lipinski definition) is 2. The van der Waals surface area contributed by atoms with Gasteiger partial charge < -0.3 is 9.47 Å². The lowest BCUT2D eigenvalue weighted by Gasteiger charge is -2.40. The van der Waals surface area contributed by atoms with E-state index in [2.05, 4.69) is 289 Å². The number of para-hydroxylation sites is 3. The minimum Gasteiger partial charge on any atom is -0.310 e. The third kappa shape index (κ3) is 5.38. The van der Waals surface area contributed by atoms with Crippen LogP contribution in [0.5, 0.6) is 0 Å². The Balaban J connectivity index is 0.917. The monoisotopic (exact) mass is 1040 g/mol. The Bertz CT molecular complexity index is 5220. The summed E-state index contributed by atoms with van der Waals surface area (Å²) >= 11 is 1.88. The summed E-state index contributed by atoms with van der Waals surface area (Å²) in [5.74, 6) is 0. The van der Waals surface area contributed by atoms with Crippen LogP contribution in [0.15, 0.2) is 279 Å². The maximum absolute atomic E-state index is 2.60. The van der Waals surface area contributed by atoms with Gasteiger partial charge in [-0.1, -0.05) is 224 Å². The Morgan fingerprint density at radius 2 is 0.815 bits per heavy atom. The molecule has 1 atom stereocenters. The molecule has 0 saturated heterocycles. The number of anilines is 3. The summed E-state index contributed by atoms with van der Waals surface area (Å²) in [4.78, 5) is 2.60. The number of fused-ring (bicyclic) bond motifs is 27. The molecule has 0 saturated carbocycles. The molecule has 1 aliphatic heterocycles. The van der Waals surface area contributed by atoms with E-state index in [4.69, 9.17) is 0 Å². The first-order valence-corrected chi connectivity index (χ1v) is 29.1. The van der Waals surface area contributed by atoms with E-state index in [9.17, 15) is 0 Å². The maximum atomic E-state index is 2.60. The van der Waals surface area contributed by atoms with Crippen LogP contribution in [-0.4, -0.2) is 4.57 Å². The molecule has 4 aliphatic rings. The molecule has 3 heteroatoms. The summed E-state index contributed by atoms with van der Waals surface area (Å²) in [6, 6.07) is 106. The van der Waals surface area contributed by atoms with Crippen LogP contribution in [0.1, 0.15) is 44.5 Å². The molecule has 0 fully saturated rings. The number of thiophene rings is 1. The van der Waals surface area contributed by atoms with Crippen molar-refractivity contribution in [2.24, 2.45) is 0 Å². The van der Waals surface area contributed by atoms with Crippen LogP contribution in [0.25, 0.3) is 103 Å². The van der Waals surface area contributed by atoms with Gasteiger partial charge in [-0.15, -0.1) is 11.3 Å². The summed E-state index contributed by atoms with van der Waals surface area (Å²) < 4.78 is 5.17. The zero-order chi connectivity index (χ0) is 52.7. The zero-order valence-electron chi connectivity index (χ0n) is 43.9. The van der Waals surface area contributed by atoms with Crippen LogP contribution in [0, 0.1) is 0 Å². The predicted octanol–water partition coefficient (Wildman–Crippen LogP) is 20.5. The van der Waals surface area contributed by atoms with Crippen LogP contribution in [0.3, 0.4) is 0 Å². The highest BCUT2D eigenvalue weighted by Crippen LogP contribution is 2.66. The van der Waals surface area contributed by atoms with E-state index >= 15 is 0 Å². The van der Waals surface area contributed by atoms with Crippen molar-refractivity contribution in [3.05, 3.63) is 324 Å². The highest BCUT2D eigenvalue weighted by atomic mass is 32.1. The maximum Gasteiger partial charge on any atom is 0.0755 e. The zero-order valence-corrected chi connectivity index (χ0v) is 44.7. The van der Waals surface area contributed by atoms with E-state index < -0.39 is 10.8 Å². The first-order valence-electron chi connectivity index (χ1n) is 28.2. The summed E-state index contributed by atoms with van der Waals surface area (Å²) in [7, 11) is 0. The second-order valence-electron chi connectivity index (χ2n) is 22.5. The molecule has 0 N–H and O–H groups in total. The predicted molar refractivity (Wildman–Crippen MR) is 338 cm³/mol. The Hall–Kier alpha value is -10.1. The third-order valence-electron chi connectivity index (χ3n) is 19.0. The highest BCUT2D eigenvalue weighted by molar-refractivity contribution is 7.25. The Labute approximate surface area is 472 Å². The van der Waals surface area contributed by atoms with Gasteiger partial charge in [0, 0.05) is 47.7 Å². The van der Waals surface area contributed by atoms with Crippen LogP contribution < -0.4 is 4.90 Å². The fraction of sp³-hybridized carbons (Fsp3) is 0.0256. The van der Waals surface area contributed by atoms with Gasteiger partial charge in [-0.05, 0) is 149 Å². The third-order valence-corrected chi connectivity index (χ3v) is 20.1. The fourth-order valence-electron chi connectivity index (χ4n) is 16.0. The van der Waals surface area contributed by atoms with Gasteiger partial charge in [0.15, 0.2) is 0 Å².